The van der Waals surface area contributed by atoms with Crippen LogP contribution in [0.15, 0.2) is 194 Å². The van der Waals surface area contributed by atoms with Gasteiger partial charge >= 0.3 is 0 Å². The molecule has 58 heavy (non-hydrogen) atoms. The van der Waals surface area contributed by atoms with E-state index < -0.39 is 0 Å². The summed E-state index contributed by atoms with van der Waals surface area (Å²) in [4.78, 5) is 15.8. The Morgan fingerprint density at radius 1 is 0.362 bits per heavy atom. The molecule has 3 aromatic heterocycles. The van der Waals surface area contributed by atoms with Gasteiger partial charge in [0, 0.05) is 47.6 Å². The van der Waals surface area contributed by atoms with Crippen LogP contribution in [0.25, 0.3) is 115 Å². The molecule has 0 aliphatic heterocycles. The molecule has 0 aliphatic carbocycles. The molecule has 0 aliphatic rings. The quantitative estimate of drug-likeness (QED) is 0.176. The standard InChI is InChI=1S/C53H32N4S/c1-2-11-33(12-3-1)35-21-24-37(25-22-35)51-54-52(40-26-23-34-13-4-5-15-38(34)31-40)56-53(55-51)57-46-20-9-8-17-43(46)44-19-10-18-42(50(44)57)39-27-29-45-48(32-39)58-47-30-28-36-14-6-7-16-41(36)49(45)47/h1-32H. The zero-order chi connectivity index (χ0) is 38.2. The van der Waals surface area contributed by atoms with Crippen molar-refractivity contribution < 1.29 is 0 Å². The lowest BCUT2D eigenvalue weighted by molar-refractivity contribution is 0.954. The maximum absolute atomic E-state index is 5.33. The Hall–Kier alpha value is -7.47. The predicted octanol–water partition coefficient (Wildman–Crippen LogP) is 14.3. The summed E-state index contributed by atoms with van der Waals surface area (Å²) < 4.78 is 4.81. The van der Waals surface area contributed by atoms with Crippen LogP contribution in [0, 0.1) is 0 Å². The summed E-state index contributed by atoms with van der Waals surface area (Å²) >= 11 is 1.86. The zero-order valence-electron chi connectivity index (χ0n) is 31.2. The monoisotopic (exact) mass is 756 g/mol. The van der Waals surface area contributed by atoms with E-state index >= 15 is 0 Å². The smallest absolute Gasteiger partial charge is 0.238 e. The molecule has 9 aromatic carbocycles. The number of fused-ring (bicyclic) bond motifs is 9. The van der Waals surface area contributed by atoms with Crippen LogP contribution in [0.4, 0.5) is 0 Å². The van der Waals surface area contributed by atoms with Crippen molar-refractivity contribution in [1.82, 2.24) is 19.5 Å². The zero-order valence-corrected chi connectivity index (χ0v) is 32.0. The van der Waals surface area contributed by atoms with E-state index in [1.807, 2.05) is 17.4 Å². The molecule has 0 saturated heterocycles. The third-order valence-electron chi connectivity index (χ3n) is 11.4. The van der Waals surface area contributed by atoms with E-state index in [2.05, 4.69) is 193 Å². The Labute approximate surface area is 338 Å². The van der Waals surface area contributed by atoms with Gasteiger partial charge in [0.2, 0.25) is 5.95 Å². The highest BCUT2D eigenvalue weighted by molar-refractivity contribution is 7.26. The molecule has 0 radical (unpaired) electrons. The van der Waals surface area contributed by atoms with E-state index in [9.17, 15) is 0 Å². The second kappa shape index (κ2) is 13.1. The largest absolute Gasteiger partial charge is 0.277 e. The van der Waals surface area contributed by atoms with Crippen molar-refractivity contribution in [2.45, 2.75) is 0 Å². The van der Waals surface area contributed by atoms with Gasteiger partial charge < -0.3 is 0 Å². The minimum absolute atomic E-state index is 0.577. The highest BCUT2D eigenvalue weighted by Crippen LogP contribution is 2.43. The third-order valence-corrected chi connectivity index (χ3v) is 12.6. The van der Waals surface area contributed by atoms with Crippen molar-refractivity contribution in [1.29, 1.82) is 0 Å². The minimum atomic E-state index is 0.577. The predicted molar refractivity (Wildman–Crippen MR) is 244 cm³/mol. The molecule has 270 valence electrons. The molecule has 0 bridgehead atoms. The van der Waals surface area contributed by atoms with E-state index in [1.165, 1.54) is 41.9 Å². The molecular formula is C53H32N4S. The van der Waals surface area contributed by atoms with E-state index in [1.54, 1.807) is 0 Å². The van der Waals surface area contributed by atoms with Gasteiger partial charge in [0.05, 0.1) is 11.0 Å². The Morgan fingerprint density at radius 3 is 1.86 bits per heavy atom. The van der Waals surface area contributed by atoms with Gasteiger partial charge in [-0.2, -0.15) is 9.97 Å². The number of nitrogens with zero attached hydrogens (tertiary/aromatic N) is 4. The minimum Gasteiger partial charge on any atom is -0.277 e. The first-order valence-electron chi connectivity index (χ1n) is 19.5. The fourth-order valence-corrected chi connectivity index (χ4v) is 9.83. The molecule has 0 atom stereocenters. The number of rotatable bonds is 5. The van der Waals surface area contributed by atoms with Gasteiger partial charge in [-0.25, -0.2) is 4.98 Å². The average Bonchev–Trinajstić information content (AvgIpc) is 3.85. The van der Waals surface area contributed by atoms with Gasteiger partial charge in [0.25, 0.3) is 0 Å². The van der Waals surface area contributed by atoms with Crippen LogP contribution in [0.3, 0.4) is 0 Å². The maximum atomic E-state index is 5.33. The van der Waals surface area contributed by atoms with Crippen molar-refractivity contribution in [2.24, 2.45) is 0 Å². The number of hydrogen-bond acceptors (Lipinski definition) is 4. The summed E-state index contributed by atoms with van der Waals surface area (Å²) in [6.45, 7) is 0. The topological polar surface area (TPSA) is 43.6 Å². The van der Waals surface area contributed by atoms with Crippen LogP contribution in [0.5, 0.6) is 0 Å². The number of benzene rings is 9. The van der Waals surface area contributed by atoms with Crippen molar-refractivity contribution >= 4 is 74.9 Å². The number of aromatic nitrogens is 4. The summed E-state index contributed by atoms with van der Waals surface area (Å²) in [5.41, 5.74) is 8.56. The normalized spacial score (nSPS) is 11.8. The van der Waals surface area contributed by atoms with Crippen LogP contribution < -0.4 is 0 Å². The van der Waals surface area contributed by atoms with Crippen LogP contribution in [0.2, 0.25) is 0 Å². The van der Waals surface area contributed by atoms with Gasteiger partial charge in [0.1, 0.15) is 0 Å². The highest BCUT2D eigenvalue weighted by Gasteiger charge is 2.21. The molecule has 0 saturated carbocycles. The Balaban J connectivity index is 1.10. The molecule has 0 amide bonds. The molecular weight excluding hydrogens is 725 g/mol. The lowest BCUT2D eigenvalue weighted by Crippen LogP contribution is -2.07. The first kappa shape index (κ1) is 32.7. The number of hydrogen-bond donors (Lipinski definition) is 0. The molecule has 12 rings (SSSR count). The van der Waals surface area contributed by atoms with Gasteiger partial charge in [-0.1, -0.05) is 170 Å². The lowest BCUT2D eigenvalue weighted by Gasteiger charge is -2.13. The molecule has 0 N–H and O–H groups in total. The summed E-state index contributed by atoms with van der Waals surface area (Å²) in [5.74, 6) is 1.82. The molecule has 0 spiro atoms. The van der Waals surface area contributed by atoms with E-state index in [0.29, 0.717) is 17.6 Å². The second-order valence-corrected chi connectivity index (χ2v) is 15.9. The SMILES string of the molecule is c1ccc(-c2ccc(-c3nc(-c4ccc5ccccc5c4)nc(-n4c5ccccc5c5cccc(-c6ccc7c(c6)sc6ccc8ccccc8c67)c54)n3)cc2)cc1. The Kier molecular flexibility index (Phi) is 7.37. The van der Waals surface area contributed by atoms with E-state index in [0.717, 1.165) is 55.0 Å². The molecule has 12 aromatic rings. The van der Waals surface area contributed by atoms with Gasteiger partial charge in [-0.15, -0.1) is 11.3 Å². The van der Waals surface area contributed by atoms with E-state index in [-0.39, 0.29) is 0 Å². The number of thiophene rings is 1. The van der Waals surface area contributed by atoms with Crippen molar-refractivity contribution in [3.05, 3.63) is 194 Å². The first-order chi connectivity index (χ1) is 28.7. The van der Waals surface area contributed by atoms with Gasteiger partial charge in [-0.05, 0) is 62.5 Å². The van der Waals surface area contributed by atoms with Crippen molar-refractivity contribution in [3.8, 4) is 51.0 Å². The second-order valence-electron chi connectivity index (χ2n) is 14.8. The van der Waals surface area contributed by atoms with Crippen LogP contribution >= 0.6 is 11.3 Å². The van der Waals surface area contributed by atoms with Gasteiger partial charge in [-0.3, -0.25) is 4.57 Å². The lowest BCUT2D eigenvalue weighted by atomic mass is 9.99. The summed E-state index contributed by atoms with van der Waals surface area (Å²) in [7, 11) is 0. The Morgan fingerprint density at radius 2 is 1.00 bits per heavy atom. The van der Waals surface area contributed by atoms with E-state index in [4.69, 9.17) is 15.0 Å². The molecule has 0 fully saturated rings. The fraction of sp³-hybridized carbons (Fsp3) is 0. The van der Waals surface area contributed by atoms with Crippen LogP contribution in [0.1, 0.15) is 0 Å². The summed E-state index contributed by atoms with van der Waals surface area (Å²) in [6.07, 6.45) is 0. The third kappa shape index (κ3) is 5.25. The van der Waals surface area contributed by atoms with Gasteiger partial charge in [0.15, 0.2) is 11.6 Å². The van der Waals surface area contributed by atoms with Crippen molar-refractivity contribution in [2.75, 3.05) is 0 Å². The highest BCUT2D eigenvalue weighted by atomic mass is 32.1. The number of para-hydroxylation sites is 2. The summed E-state index contributed by atoms with van der Waals surface area (Å²) in [5, 5.41) is 9.78. The fourth-order valence-electron chi connectivity index (χ4n) is 8.67. The molecule has 5 heteroatoms. The Bertz CT molecular complexity index is 3560. The van der Waals surface area contributed by atoms with Crippen molar-refractivity contribution in [3.63, 3.8) is 0 Å². The molecule has 0 unspecified atom stereocenters. The first-order valence-corrected chi connectivity index (χ1v) is 20.3. The van der Waals surface area contributed by atoms with Crippen LogP contribution in [-0.2, 0) is 0 Å². The average molecular weight is 757 g/mol. The van der Waals surface area contributed by atoms with Crippen LogP contribution in [-0.4, -0.2) is 19.5 Å². The maximum Gasteiger partial charge on any atom is 0.238 e. The molecule has 4 nitrogen and oxygen atoms in total. The molecule has 3 heterocycles. The summed E-state index contributed by atoms with van der Waals surface area (Å²) in [6, 6.07) is 69.2.